The first-order valence-corrected chi connectivity index (χ1v) is 11.9. The molecule has 0 aliphatic carbocycles. The molecule has 5 aromatic rings. The number of hydrogen-bond acceptors (Lipinski definition) is 5. The summed E-state index contributed by atoms with van der Waals surface area (Å²) >= 11 is 0. The number of hydrogen-bond donors (Lipinski definition) is 2. The van der Waals surface area contributed by atoms with Crippen molar-refractivity contribution in [3.05, 3.63) is 108 Å². The van der Waals surface area contributed by atoms with E-state index in [-0.39, 0.29) is 11.3 Å². The van der Waals surface area contributed by atoms with Gasteiger partial charge in [-0.05, 0) is 59.5 Å². The minimum absolute atomic E-state index is 0.0283. The molecule has 0 atom stereocenters. The second-order valence-corrected chi connectivity index (χ2v) is 9.81. The lowest BCUT2D eigenvalue weighted by Gasteiger charge is -2.19. The van der Waals surface area contributed by atoms with Gasteiger partial charge in [-0.1, -0.05) is 45.0 Å². The molecule has 0 unspecified atom stereocenters. The Kier molecular flexibility index (Phi) is 6.16. The molecule has 1 amide bonds. The van der Waals surface area contributed by atoms with E-state index < -0.39 is 0 Å². The lowest BCUT2D eigenvalue weighted by atomic mass is 9.87. The number of benzene rings is 3. The van der Waals surface area contributed by atoms with Crippen molar-refractivity contribution in [3.63, 3.8) is 0 Å². The summed E-state index contributed by atoms with van der Waals surface area (Å²) in [5.74, 6) is 0.416. The maximum Gasteiger partial charge on any atom is 0.255 e. The van der Waals surface area contributed by atoms with E-state index in [1.165, 1.54) is 5.56 Å². The maximum absolute atomic E-state index is 12.9. The molecule has 0 saturated heterocycles. The largest absolute Gasteiger partial charge is 0.337 e. The van der Waals surface area contributed by atoms with Crippen LogP contribution in [0.3, 0.4) is 0 Å². The monoisotopic (exact) mass is 486 g/mol. The average Bonchev–Trinajstić information content (AvgIpc) is 3.38. The van der Waals surface area contributed by atoms with Crippen LogP contribution in [0.15, 0.2) is 91.4 Å². The summed E-state index contributed by atoms with van der Waals surface area (Å²) in [6.45, 7) is 6.44. The van der Waals surface area contributed by atoms with Crippen LogP contribution in [0.5, 0.6) is 0 Å². The Morgan fingerprint density at radius 3 is 2.43 bits per heavy atom. The number of fused-ring (bicyclic) bond motifs is 1. The number of amides is 1. The van der Waals surface area contributed by atoms with Gasteiger partial charge in [0.1, 0.15) is 0 Å². The van der Waals surface area contributed by atoms with Crippen LogP contribution in [0.4, 0.5) is 17.2 Å². The molecule has 0 radical (unpaired) electrons. The molecule has 0 fully saturated rings. The van der Waals surface area contributed by atoms with E-state index in [2.05, 4.69) is 42.5 Å². The van der Waals surface area contributed by atoms with Gasteiger partial charge in [-0.15, -0.1) is 0 Å². The molecule has 37 heavy (non-hydrogen) atoms. The van der Waals surface area contributed by atoms with Crippen LogP contribution in [-0.4, -0.2) is 20.3 Å². The second kappa shape index (κ2) is 9.59. The molecule has 0 saturated carbocycles. The number of aromatic nitrogens is 3. The van der Waals surface area contributed by atoms with E-state index >= 15 is 0 Å². The summed E-state index contributed by atoms with van der Waals surface area (Å²) in [6.07, 6.45) is 5.47. The van der Waals surface area contributed by atoms with Crippen LogP contribution >= 0.6 is 0 Å². The Morgan fingerprint density at radius 2 is 1.73 bits per heavy atom. The highest BCUT2D eigenvalue weighted by molar-refractivity contribution is 6.04. The van der Waals surface area contributed by atoms with Crippen molar-refractivity contribution in [1.29, 1.82) is 5.26 Å². The molecule has 0 aliphatic rings. The molecule has 5 rings (SSSR count). The van der Waals surface area contributed by atoms with E-state index in [0.29, 0.717) is 34.0 Å². The number of anilines is 3. The predicted molar refractivity (Wildman–Crippen MR) is 146 cm³/mol. The van der Waals surface area contributed by atoms with E-state index in [1.54, 1.807) is 18.3 Å². The van der Waals surface area contributed by atoms with Crippen LogP contribution in [-0.2, 0) is 5.41 Å². The highest BCUT2D eigenvalue weighted by Gasteiger charge is 2.15. The Labute approximate surface area is 215 Å². The summed E-state index contributed by atoms with van der Waals surface area (Å²) < 4.78 is 1.90. The van der Waals surface area contributed by atoms with Crippen LogP contribution in [0, 0.1) is 11.3 Å². The minimum atomic E-state index is -0.168. The Balaban J connectivity index is 1.41. The van der Waals surface area contributed by atoms with Gasteiger partial charge in [0.25, 0.3) is 5.91 Å². The van der Waals surface area contributed by atoms with Crippen LogP contribution in [0.1, 0.15) is 42.3 Å². The molecule has 0 bridgehead atoms. The first kappa shape index (κ1) is 23.8. The Hall–Kier alpha value is -4.96. The number of carbonyl (C=O) groups excluding carboxylic acids is 1. The fraction of sp³-hybridized carbons (Fsp3) is 0.133. The second-order valence-electron chi connectivity index (χ2n) is 9.81. The molecule has 7 heteroatoms. The van der Waals surface area contributed by atoms with Gasteiger partial charge in [-0.3, -0.25) is 4.79 Å². The van der Waals surface area contributed by atoms with Gasteiger partial charge in [0.15, 0.2) is 11.5 Å². The van der Waals surface area contributed by atoms with Crippen molar-refractivity contribution in [2.45, 2.75) is 26.2 Å². The topological polar surface area (TPSA) is 95.1 Å². The molecular weight excluding hydrogens is 460 g/mol. The lowest BCUT2D eigenvalue weighted by molar-refractivity contribution is 0.102. The van der Waals surface area contributed by atoms with Crippen molar-refractivity contribution in [1.82, 2.24) is 14.4 Å². The van der Waals surface area contributed by atoms with Gasteiger partial charge < -0.3 is 15.0 Å². The molecule has 2 N–H and O–H groups in total. The zero-order valence-corrected chi connectivity index (χ0v) is 20.9. The van der Waals surface area contributed by atoms with E-state index in [1.807, 2.05) is 77.5 Å². The fourth-order valence-corrected chi connectivity index (χ4v) is 4.00. The summed E-state index contributed by atoms with van der Waals surface area (Å²) in [5.41, 5.74) is 6.11. The maximum atomic E-state index is 12.9. The molecule has 0 aliphatic heterocycles. The number of imidazole rings is 1. The lowest BCUT2D eigenvalue weighted by Crippen LogP contribution is -2.14. The summed E-state index contributed by atoms with van der Waals surface area (Å²) in [7, 11) is 0. The van der Waals surface area contributed by atoms with Gasteiger partial charge in [-0.25, -0.2) is 9.97 Å². The van der Waals surface area contributed by atoms with Crippen LogP contribution in [0.25, 0.3) is 16.9 Å². The Morgan fingerprint density at radius 1 is 0.973 bits per heavy atom. The average molecular weight is 487 g/mol. The number of nitriles is 1. The molecule has 182 valence electrons. The smallest absolute Gasteiger partial charge is 0.255 e. The van der Waals surface area contributed by atoms with Crippen molar-refractivity contribution in [2.24, 2.45) is 0 Å². The molecule has 2 heterocycles. The zero-order chi connectivity index (χ0) is 26.0. The highest BCUT2D eigenvalue weighted by Crippen LogP contribution is 2.27. The zero-order valence-electron chi connectivity index (χ0n) is 20.9. The molecule has 7 nitrogen and oxygen atoms in total. The van der Waals surface area contributed by atoms with Gasteiger partial charge >= 0.3 is 0 Å². The third-order valence-corrected chi connectivity index (χ3v) is 6.08. The Bertz CT molecular complexity index is 1620. The van der Waals surface area contributed by atoms with Gasteiger partial charge in [0, 0.05) is 41.1 Å². The summed E-state index contributed by atoms with van der Waals surface area (Å²) in [6, 6.07) is 24.6. The SMILES string of the molecule is CC(C)(C)c1ccc(C(=O)Nc2cccc(-c3cn4ccnc4c(Nc4ccc(C#N)cc4)n3)c2)cc1. The molecule has 0 spiro atoms. The van der Waals surface area contributed by atoms with E-state index in [9.17, 15) is 4.79 Å². The van der Waals surface area contributed by atoms with Gasteiger partial charge in [0.05, 0.1) is 17.3 Å². The van der Waals surface area contributed by atoms with Crippen molar-refractivity contribution < 1.29 is 4.79 Å². The van der Waals surface area contributed by atoms with E-state index in [0.717, 1.165) is 11.3 Å². The van der Waals surface area contributed by atoms with Crippen molar-refractivity contribution in [2.75, 3.05) is 10.6 Å². The van der Waals surface area contributed by atoms with Crippen molar-refractivity contribution >= 4 is 28.7 Å². The molecule has 3 aromatic carbocycles. The quantitative estimate of drug-likeness (QED) is 0.293. The van der Waals surface area contributed by atoms with E-state index in [4.69, 9.17) is 10.2 Å². The number of nitrogens with zero attached hydrogens (tertiary/aromatic N) is 4. The third kappa shape index (κ3) is 5.19. The number of carbonyl (C=O) groups is 1. The van der Waals surface area contributed by atoms with Crippen LogP contribution < -0.4 is 10.6 Å². The minimum Gasteiger partial charge on any atom is -0.337 e. The number of nitrogens with one attached hydrogen (secondary N) is 2. The van der Waals surface area contributed by atoms with Gasteiger partial charge in [0.2, 0.25) is 0 Å². The summed E-state index contributed by atoms with van der Waals surface area (Å²) in [4.78, 5) is 22.1. The summed E-state index contributed by atoms with van der Waals surface area (Å²) in [5, 5.41) is 15.4. The molecular formula is C30H26N6O. The predicted octanol–water partition coefficient (Wildman–Crippen LogP) is 6.56. The first-order chi connectivity index (χ1) is 17.8. The van der Waals surface area contributed by atoms with Crippen LogP contribution in [0.2, 0.25) is 0 Å². The third-order valence-electron chi connectivity index (χ3n) is 6.08. The highest BCUT2D eigenvalue weighted by atomic mass is 16.1. The molecule has 2 aromatic heterocycles. The number of rotatable bonds is 5. The van der Waals surface area contributed by atoms with Crippen molar-refractivity contribution in [3.8, 4) is 17.3 Å². The normalized spacial score (nSPS) is 11.2. The standard InChI is InChI=1S/C30H26N6O/c1-30(2,3)23-11-9-21(10-12-23)29(37)34-25-6-4-5-22(17-25)26-19-36-16-15-32-28(36)27(35-26)33-24-13-7-20(18-31)8-14-24/h4-17,19H,1-3H3,(H,33,35)(H,34,37). The first-order valence-electron chi connectivity index (χ1n) is 11.9. The fourth-order valence-electron chi connectivity index (χ4n) is 4.00. The van der Waals surface area contributed by atoms with Gasteiger partial charge in [-0.2, -0.15) is 5.26 Å².